The van der Waals surface area contributed by atoms with Gasteiger partial charge >= 0.3 is 0 Å². The number of aryl methyl sites for hydroxylation is 1. The van der Waals surface area contributed by atoms with Crippen LogP contribution in [-0.2, 0) is 17.9 Å². The number of hydrogen-bond donors (Lipinski definition) is 2. The predicted octanol–water partition coefficient (Wildman–Crippen LogP) is 2.31. The van der Waals surface area contributed by atoms with Crippen LogP contribution in [0.1, 0.15) is 18.4 Å². The molecule has 0 radical (unpaired) electrons. The highest BCUT2D eigenvalue weighted by atomic mass is 35.5. The van der Waals surface area contributed by atoms with Gasteiger partial charge in [-0.3, -0.25) is 4.79 Å². The summed E-state index contributed by atoms with van der Waals surface area (Å²) in [6.07, 6.45) is 3.16. The number of carbonyl (C=O) groups excluding carboxylic acids is 1. The van der Waals surface area contributed by atoms with E-state index in [0.717, 1.165) is 29.4 Å². The van der Waals surface area contributed by atoms with E-state index in [1.54, 1.807) is 7.05 Å². The summed E-state index contributed by atoms with van der Waals surface area (Å²) in [4.78, 5) is 11.2. The van der Waals surface area contributed by atoms with Crippen molar-refractivity contribution in [1.82, 2.24) is 9.88 Å². The molecule has 0 atom stereocenters. The van der Waals surface area contributed by atoms with E-state index < -0.39 is 0 Å². The molecule has 19 heavy (non-hydrogen) atoms. The molecule has 0 saturated heterocycles. The number of nitrogens with zero attached hydrogens (tertiary/aromatic N) is 1. The summed E-state index contributed by atoms with van der Waals surface area (Å²) in [5.74, 6) is 0.0388. The molecular formula is C14H17ClN2O2. The molecule has 1 amide bonds. The van der Waals surface area contributed by atoms with Gasteiger partial charge in [-0.25, -0.2) is 0 Å². The summed E-state index contributed by atoms with van der Waals surface area (Å²) in [6.45, 7) is 0.727. The Labute approximate surface area is 117 Å². The molecule has 0 unspecified atom stereocenters. The Hall–Kier alpha value is -1.52. The molecule has 102 valence electrons. The summed E-state index contributed by atoms with van der Waals surface area (Å²) >= 11 is 6.01. The maximum atomic E-state index is 11.2. The Kier molecular flexibility index (Phi) is 4.45. The van der Waals surface area contributed by atoms with Crippen LogP contribution >= 0.6 is 11.6 Å². The van der Waals surface area contributed by atoms with Crippen molar-refractivity contribution in [3.63, 3.8) is 0 Å². The van der Waals surface area contributed by atoms with Gasteiger partial charge in [-0.1, -0.05) is 17.7 Å². The normalized spacial score (nSPS) is 10.9. The average molecular weight is 281 g/mol. The second-order valence-corrected chi connectivity index (χ2v) is 4.88. The minimum Gasteiger partial charge on any atom is -0.392 e. The number of rotatable bonds is 5. The van der Waals surface area contributed by atoms with Gasteiger partial charge in [0.1, 0.15) is 0 Å². The van der Waals surface area contributed by atoms with E-state index in [9.17, 15) is 9.90 Å². The molecule has 2 N–H and O–H groups in total. The third kappa shape index (κ3) is 3.08. The van der Waals surface area contributed by atoms with Crippen molar-refractivity contribution < 1.29 is 9.90 Å². The number of hydrogen-bond acceptors (Lipinski definition) is 2. The molecule has 0 fully saturated rings. The minimum absolute atomic E-state index is 0.000574. The highest BCUT2D eigenvalue weighted by Crippen LogP contribution is 2.25. The van der Waals surface area contributed by atoms with E-state index in [1.807, 2.05) is 29.0 Å². The van der Waals surface area contributed by atoms with E-state index in [0.29, 0.717) is 11.4 Å². The molecule has 0 aliphatic carbocycles. The Morgan fingerprint density at radius 3 is 2.95 bits per heavy atom. The largest absolute Gasteiger partial charge is 0.392 e. The van der Waals surface area contributed by atoms with Crippen molar-refractivity contribution in [3.8, 4) is 0 Å². The Morgan fingerprint density at radius 2 is 2.26 bits per heavy atom. The van der Waals surface area contributed by atoms with Crippen LogP contribution in [0.3, 0.4) is 0 Å². The Balaban J connectivity index is 2.22. The smallest absolute Gasteiger partial charge is 0.219 e. The first-order chi connectivity index (χ1) is 9.15. The van der Waals surface area contributed by atoms with Gasteiger partial charge in [-0.2, -0.15) is 0 Å². The molecule has 1 aromatic carbocycles. The van der Waals surface area contributed by atoms with Crippen LogP contribution in [0.5, 0.6) is 0 Å². The number of nitrogens with one attached hydrogen (secondary N) is 1. The van der Waals surface area contributed by atoms with Crippen LogP contribution in [0.15, 0.2) is 24.4 Å². The number of aliphatic hydroxyl groups is 1. The Morgan fingerprint density at radius 1 is 1.47 bits per heavy atom. The van der Waals surface area contributed by atoms with Crippen LogP contribution in [0, 0.1) is 0 Å². The van der Waals surface area contributed by atoms with E-state index in [1.165, 1.54) is 0 Å². The third-order valence-corrected chi connectivity index (χ3v) is 3.41. The topological polar surface area (TPSA) is 54.3 Å². The second kappa shape index (κ2) is 6.08. The quantitative estimate of drug-likeness (QED) is 0.883. The standard InChI is InChI=1S/C14H17ClN2O2/c1-16-14(19)3-2-6-17-8-10(9-18)12-5-4-11(15)7-13(12)17/h4-5,7-8,18H,2-3,6,9H2,1H3,(H,16,19). The number of benzene rings is 1. The van der Waals surface area contributed by atoms with Crippen LogP contribution in [0.25, 0.3) is 10.9 Å². The summed E-state index contributed by atoms with van der Waals surface area (Å²) in [5.41, 5.74) is 1.88. The number of carbonyl (C=O) groups is 1. The molecule has 2 aromatic rings. The van der Waals surface area contributed by atoms with Crippen LogP contribution in [-0.4, -0.2) is 22.6 Å². The van der Waals surface area contributed by atoms with Crippen molar-refractivity contribution in [2.24, 2.45) is 0 Å². The molecule has 1 heterocycles. The van der Waals surface area contributed by atoms with E-state index in [4.69, 9.17) is 11.6 Å². The van der Waals surface area contributed by atoms with Gasteiger partial charge in [-0.05, 0) is 18.6 Å². The first-order valence-corrected chi connectivity index (χ1v) is 6.62. The van der Waals surface area contributed by atoms with E-state index in [2.05, 4.69) is 5.32 Å². The first kappa shape index (κ1) is 13.9. The van der Waals surface area contributed by atoms with Gasteiger partial charge in [0.25, 0.3) is 0 Å². The summed E-state index contributed by atoms with van der Waals surface area (Å²) < 4.78 is 2.04. The lowest BCUT2D eigenvalue weighted by Gasteiger charge is -2.05. The highest BCUT2D eigenvalue weighted by Gasteiger charge is 2.08. The molecule has 0 aliphatic heterocycles. The van der Waals surface area contributed by atoms with Gasteiger partial charge in [0.2, 0.25) is 5.91 Å². The fourth-order valence-corrected chi connectivity index (χ4v) is 2.35. The Bertz CT molecular complexity index is 592. The zero-order valence-electron chi connectivity index (χ0n) is 10.8. The number of aromatic nitrogens is 1. The van der Waals surface area contributed by atoms with Gasteiger partial charge in [0.15, 0.2) is 0 Å². The molecular weight excluding hydrogens is 264 g/mol. The van der Waals surface area contributed by atoms with Gasteiger partial charge in [0, 0.05) is 47.7 Å². The first-order valence-electron chi connectivity index (χ1n) is 6.24. The zero-order valence-corrected chi connectivity index (χ0v) is 11.6. The molecule has 5 heteroatoms. The van der Waals surface area contributed by atoms with E-state index in [-0.39, 0.29) is 12.5 Å². The lowest BCUT2D eigenvalue weighted by atomic mass is 10.2. The molecule has 0 bridgehead atoms. The zero-order chi connectivity index (χ0) is 13.8. The monoisotopic (exact) mass is 280 g/mol. The molecule has 4 nitrogen and oxygen atoms in total. The fraction of sp³-hybridized carbons (Fsp3) is 0.357. The number of amides is 1. The molecule has 2 rings (SSSR count). The maximum absolute atomic E-state index is 11.2. The van der Waals surface area contributed by atoms with Crippen LogP contribution in [0.4, 0.5) is 0 Å². The van der Waals surface area contributed by atoms with E-state index >= 15 is 0 Å². The van der Waals surface area contributed by atoms with Gasteiger partial charge in [0.05, 0.1) is 6.61 Å². The fourth-order valence-electron chi connectivity index (χ4n) is 2.19. The van der Waals surface area contributed by atoms with Crippen molar-refractivity contribution in [2.45, 2.75) is 26.0 Å². The number of halogens is 1. The lowest BCUT2D eigenvalue weighted by Crippen LogP contribution is -2.17. The summed E-state index contributed by atoms with van der Waals surface area (Å²) in [5, 5.41) is 13.6. The van der Waals surface area contributed by atoms with Crippen molar-refractivity contribution in [2.75, 3.05) is 7.05 Å². The predicted molar refractivity (Wildman–Crippen MR) is 76.2 cm³/mol. The maximum Gasteiger partial charge on any atom is 0.219 e. The molecule has 1 aromatic heterocycles. The van der Waals surface area contributed by atoms with Crippen LogP contribution in [0.2, 0.25) is 5.02 Å². The van der Waals surface area contributed by atoms with Crippen molar-refractivity contribution in [1.29, 1.82) is 0 Å². The summed E-state index contributed by atoms with van der Waals surface area (Å²) in [7, 11) is 1.64. The minimum atomic E-state index is 0.000574. The number of fused-ring (bicyclic) bond motifs is 1. The van der Waals surface area contributed by atoms with Crippen molar-refractivity contribution in [3.05, 3.63) is 35.0 Å². The van der Waals surface area contributed by atoms with Crippen molar-refractivity contribution >= 4 is 28.4 Å². The average Bonchev–Trinajstić information content (AvgIpc) is 2.76. The lowest BCUT2D eigenvalue weighted by molar-refractivity contribution is -0.120. The second-order valence-electron chi connectivity index (χ2n) is 4.44. The van der Waals surface area contributed by atoms with Gasteiger partial charge in [-0.15, -0.1) is 0 Å². The molecule has 0 saturated carbocycles. The third-order valence-electron chi connectivity index (χ3n) is 3.18. The highest BCUT2D eigenvalue weighted by molar-refractivity contribution is 6.31. The summed E-state index contributed by atoms with van der Waals surface area (Å²) in [6, 6.07) is 5.62. The molecule has 0 aliphatic rings. The van der Waals surface area contributed by atoms with Gasteiger partial charge < -0.3 is 15.0 Å². The number of aliphatic hydroxyl groups excluding tert-OH is 1. The molecule has 0 spiro atoms. The van der Waals surface area contributed by atoms with Crippen LogP contribution < -0.4 is 5.32 Å². The SMILES string of the molecule is CNC(=O)CCCn1cc(CO)c2ccc(Cl)cc21.